The van der Waals surface area contributed by atoms with E-state index < -0.39 is 0 Å². The Morgan fingerprint density at radius 1 is 1.31 bits per heavy atom. The maximum absolute atomic E-state index is 12.9. The number of rotatable bonds is 3. The molecule has 1 amide bonds. The van der Waals surface area contributed by atoms with Gasteiger partial charge >= 0.3 is 0 Å². The van der Waals surface area contributed by atoms with Crippen molar-refractivity contribution in [3.8, 4) is 0 Å². The third-order valence-electron chi connectivity index (χ3n) is 5.99. The Morgan fingerprint density at radius 2 is 2.12 bits per heavy atom. The fraction of sp³-hybridized carbons (Fsp3) is 0.550. The first kappa shape index (κ1) is 17.7. The van der Waals surface area contributed by atoms with Crippen LogP contribution in [0.25, 0.3) is 10.9 Å². The van der Waals surface area contributed by atoms with Gasteiger partial charge in [-0.3, -0.25) is 14.2 Å². The van der Waals surface area contributed by atoms with Crippen LogP contribution >= 0.6 is 15.9 Å². The molecule has 2 fully saturated rings. The molecular weight excluding hydrogens is 394 g/mol. The van der Waals surface area contributed by atoms with Gasteiger partial charge in [0.2, 0.25) is 5.91 Å². The summed E-state index contributed by atoms with van der Waals surface area (Å²) in [5, 5.41) is 0.580. The van der Waals surface area contributed by atoms with Crippen molar-refractivity contribution >= 4 is 32.7 Å². The van der Waals surface area contributed by atoms with Gasteiger partial charge in [-0.05, 0) is 50.3 Å². The molecule has 1 saturated carbocycles. The largest absolute Gasteiger partial charge is 0.337 e. The Morgan fingerprint density at radius 3 is 2.96 bits per heavy atom. The van der Waals surface area contributed by atoms with Crippen molar-refractivity contribution in [1.82, 2.24) is 14.5 Å². The average Bonchev–Trinajstić information content (AvgIpc) is 2.97. The number of hydrogen-bond acceptors (Lipinski definition) is 3. The zero-order chi connectivity index (χ0) is 18.3. The highest BCUT2D eigenvalue weighted by molar-refractivity contribution is 9.10. The summed E-state index contributed by atoms with van der Waals surface area (Å²) in [7, 11) is 0. The Balaban J connectivity index is 1.50. The number of likely N-dealkylation sites (tertiary alicyclic amines) is 1. The van der Waals surface area contributed by atoms with E-state index in [1.807, 2.05) is 12.1 Å². The van der Waals surface area contributed by atoms with Crippen molar-refractivity contribution in [2.75, 3.05) is 0 Å². The molecule has 26 heavy (non-hydrogen) atoms. The molecule has 1 aliphatic heterocycles. The molecule has 1 aliphatic carbocycles. The number of amides is 1. The van der Waals surface area contributed by atoms with Crippen LogP contribution in [-0.2, 0) is 11.3 Å². The highest BCUT2D eigenvalue weighted by Gasteiger charge is 2.42. The van der Waals surface area contributed by atoms with Crippen LogP contribution in [-0.4, -0.2) is 32.4 Å². The number of benzene rings is 1. The molecule has 138 valence electrons. The Hall–Kier alpha value is -1.69. The summed E-state index contributed by atoms with van der Waals surface area (Å²) in [4.78, 5) is 32.0. The zero-order valence-corrected chi connectivity index (χ0v) is 16.6. The van der Waals surface area contributed by atoms with E-state index in [-0.39, 0.29) is 11.5 Å². The molecule has 1 aromatic carbocycles. The first-order valence-electron chi connectivity index (χ1n) is 9.50. The number of nitrogens with zero attached hydrogens (tertiary/aromatic N) is 3. The second-order valence-electron chi connectivity index (χ2n) is 7.65. The average molecular weight is 418 g/mol. The molecule has 3 unspecified atom stereocenters. The molecule has 4 rings (SSSR count). The van der Waals surface area contributed by atoms with Gasteiger partial charge in [0.05, 0.1) is 17.2 Å². The van der Waals surface area contributed by atoms with Crippen LogP contribution in [0, 0.1) is 5.92 Å². The lowest BCUT2D eigenvalue weighted by molar-refractivity contribution is -0.134. The topological polar surface area (TPSA) is 55.2 Å². The van der Waals surface area contributed by atoms with Crippen molar-refractivity contribution in [3.63, 3.8) is 0 Å². The molecule has 1 saturated heterocycles. The molecule has 0 radical (unpaired) electrons. The number of fused-ring (bicyclic) bond motifs is 2. The van der Waals surface area contributed by atoms with Crippen LogP contribution in [0.2, 0.25) is 0 Å². The van der Waals surface area contributed by atoms with Crippen LogP contribution in [0.3, 0.4) is 0 Å². The number of halogens is 1. The minimum Gasteiger partial charge on any atom is -0.337 e. The van der Waals surface area contributed by atoms with Gasteiger partial charge in [0, 0.05) is 29.5 Å². The molecule has 3 atom stereocenters. The van der Waals surface area contributed by atoms with Gasteiger partial charge in [-0.2, -0.15) is 0 Å². The van der Waals surface area contributed by atoms with E-state index in [2.05, 4.69) is 32.7 Å². The highest BCUT2D eigenvalue weighted by atomic mass is 79.9. The smallest absolute Gasteiger partial charge is 0.261 e. The molecule has 2 heterocycles. The van der Waals surface area contributed by atoms with E-state index in [4.69, 9.17) is 0 Å². The Labute approximate surface area is 161 Å². The Bertz CT molecular complexity index is 894. The molecule has 0 bridgehead atoms. The number of aryl methyl sites for hydroxylation is 1. The summed E-state index contributed by atoms with van der Waals surface area (Å²) in [6, 6.07) is 6.22. The minimum atomic E-state index is -0.0888. The van der Waals surface area contributed by atoms with E-state index in [9.17, 15) is 9.59 Å². The van der Waals surface area contributed by atoms with Crippen molar-refractivity contribution in [3.05, 3.63) is 39.4 Å². The second-order valence-corrected chi connectivity index (χ2v) is 8.57. The standard InChI is InChI=1S/C20H24BrN3O2/c1-13-10-14-4-2-3-5-18(14)24(13)19(25)8-9-23-12-22-17-7-6-15(21)11-16(17)20(23)26/h6-7,11-14,18H,2-5,8-10H2,1H3. The number of carbonyl (C=O) groups is 1. The molecule has 0 spiro atoms. The van der Waals surface area contributed by atoms with Gasteiger partial charge in [0.15, 0.2) is 0 Å². The molecular formula is C20H24BrN3O2. The fourth-order valence-electron chi connectivity index (χ4n) is 4.77. The predicted molar refractivity (Wildman–Crippen MR) is 105 cm³/mol. The van der Waals surface area contributed by atoms with Gasteiger partial charge in [0.1, 0.15) is 0 Å². The third kappa shape index (κ3) is 3.20. The van der Waals surface area contributed by atoms with Crippen LogP contribution in [0.15, 0.2) is 33.8 Å². The minimum absolute atomic E-state index is 0.0888. The molecule has 6 heteroatoms. The first-order chi connectivity index (χ1) is 12.5. The second kappa shape index (κ2) is 7.14. The SMILES string of the molecule is CC1CC2CCCCC2N1C(=O)CCn1cnc2ccc(Br)cc2c1=O. The molecule has 5 nitrogen and oxygen atoms in total. The molecule has 1 aromatic heterocycles. The highest BCUT2D eigenvalue weighted by Crippen LogP contribution is 2.39. The van der Waals surface area contributed by atoms with E-state index in [1.165, 1.54) is 19.3 Å². The van der Waals surface area contributed by atoms with Crippen LogP contribution in [0.4, 0.5) is 0 Å². The normalized spacial score (nSPS) is 25.5. The third-order valence-corrected chi connectivity index (χ3v) is 6.48. The summed E-state index contributed by atoms with van der Waals surface area (Å²) >= 11 is 3.40. The first-order valence-corrected chi connectivity index (χ1v) is 10.3. The van der Waals surface area contributed by atoms with Gasteiger partial charge in [0.25, 0.3) is 5.56 Å². The van der Waals surface area contributed by atoms with Crippen molar-refractivity contribution in [2.24, 2.45) is 5.92 Å². The van der Waals surface area contributed by atoms with Gasteiger partial charge < -0.3 is 4.90 Å². The van der Waals surface area contributed by atoms with Crippen LogP contribution in [0.1, 0.15) is 45.4 Å². The maximum atomic E-state index is 12.9. The number of hydrogen-bond donors (Lipinski definition) is 0. The summed E-state index contributed by atoms with van der Waals surface area (Å²) in [5.41, 5.74) is 0.591. The lowest BCUT2D eigenvalue weighted by Gasteiger charge is -2.33. The maximum Gasteiger partial charge on any atom is 0.261 e. The lowest BCUT2D eigenvalue weighted by atomic mass is 9.85. The lowest BCUT2D eigenvalue weighted by Crippen LogP contribution is -2.42. The van der Waals surface area contributed by atoms with E-state index in [0.717, 1.165) is 17.3 Å². The number of carbonyl (C=O) groups excluding carboxylic acids is 1. The quantitative estimate of drug-likeness (QED) is 0.764. The van der Waals surface area contributed by atoms with E-state index in [1.54, 1.807) is 17.0 Å². The predicted octanol–water partition coefficient (Wildman–Crippen LogP) is 3.73. The van der Waals surface area contributed by atoms with E-state index >= 15 is 0 Å². The monoisotopic (exact) mass is 417 g/mol. The molecule has 2 aromatic rings. The fourth-order valence-corrected chi connectivity index (χ4v) is 5.14. The van der Waals surface area contributed by atoms with Crippen molar-refractivity contribution in [2.45, 2.75) is 64.1 Å². The van der Waals surface area contributed by atoms with Crippen molar-refractivity contribution in [1.29, 1.82) is 0 Å². The Kier molecular flexibility index (Phi) is 4.86. The van der Waals surface area contributed by atoms with Crippen molar-refractivity contribution < 1.29 is 4.79 Å². The van der Waals surface area contributed by atoms with Crippen LogP contribution < -0.4 is 5.56 Å². The number of aromatic nitrogens is 2. The summed E-state index contributed by atoms with van der Waals surface area (Å²) in [5.74, 6) is 0.846. The molecule has 2 aliphatic rings. The summed E-state index contributed by atoms with van der Waals surface area (Å²) in [6.07, 6.45) is 7.94. The summed E-state index contributed by atoms with van der Waals surface area (Å²) in [6.45, 7) is 2.55. The zero-order valence-electron chi connectivity index (χ0n) is 15.0. The summed E-state index contributed by atoms with van der Waals surface area (Å²) < 4.78 is 2.41. The van der Waals surface area contributed by atoms with Gasteiger partial charge in [-0.15, -0.1) is 0 Å². The molecule has 0 N–H and O–H groups in total. The van der Waals surface area contributed by atoms with Crippen LogP contribution in [0.5, 0.6) is 0 Å². The van der Waals surface area contributed by atoms with E-state index in [0.29, 0.717) is 41.9 Å². The van der Waals surface area contributed by atoms with Gasteiger partial charge in [-0.25, -0.2) is 4.98 Å². The van der Waals surface area contributed by atoms with Gasteiger partial charge in [-0.1, -0.05) is 28.8 Å².